The molecule has 1 aromatic carbocycles. The summed E-state index contributed by atoms with van der Waals surface area (Å²) in [6.07, 6.45) is -0.646. The highest BCUT2D eigenvalue weighted by Crippen LogP contribution is 2.14. The molecule has 3 nitrogen and oxygen atoms in total. The molecule has 0 saturated carbocycles. The minimum Gasteiger partial charge on any atom is -0.434 e. The second-order valence-corrected chi connectivity index (χ2v) is 11.2. The third-order valence-electron chi connectivity index (χ3n) is 2.35. The van der Waals surface area contributed by atoms with E-state index in [2.05, 4.69) is 19.6 Å². The van der Waals surface area contributed by atoms with E-state index in [-0.39, 0.29) is 0 Å². The van der Waals surface area contributed by atoms with Crippen molar-refractivity contribution in [3.05, 3.63) is 29.8 Å². The van der Waals surface area contributed by atoms with Crippen LogP contribution in [0, 0.1) is 0 Å². The molecule has 0 spiro atoms. The third-order valence-corrected chi connectivity index (χ3v) is 4.36. The zero-order chi connectivity index (χ0) is 13.6. The van der Waals surface area contributed by atoms with Crippen LogP contribution in [0.15, 0.2) is 24.3 Å². The van der Waals surface area contributed by atoms with Crippen molar-refractivity contribution >= 4 is 25.8 Å². The molecule has 0 unspecified atom stereocenters. The van der Waals surface area contributed by atoms with Gasteiger partial charge in [0, 0.05) is 14.0 Å². The molecule has 0 bridgehead atoms. The highest BCUT2D eigenvalue weighted by molar-refractivity contribution is 6.76. The Hall–Kier alpha value is -1.00. The second-order valence-electron chi connectivity index (χ2n) is 5.29. The fourth-order valence-corrected chi connectivity index (χ4v) is 2.11. The van der Waals surface area contributed by atoms with Gasteiger partial charge in [-0.2, -0.15) is 0 Å². The van der Waals surface area contributed by atoms with Crippen LogP contribution >= 0.6 is 11.6 Å². The molecule has 0 aromatic heterocycles. The first-order chi connectivity index (χ1) is 8.40. The van der Waals surface area contributed by atoms with Gasteiger partial charge in [-0.05, 0) is 23.7 Å². The van der Waals surface area contributed by atoms with Gasteiger partial charge in [0.1, 0.15) is 5.75 Å². The summed E-state index contributed by atoms with van der Waals surface area (Å²) in [5.74, 6) is 0.919. The lowest BCUT2D eigenvalue weighted by molar-refractivity contribution is 0.104. The number of benzene rings is 1. The van der Waals surface area contributed by atoms with Crippen molar-refractivity contribution in [1.29, 1.82) is 0 Å². The minimum atomic E-state index is -1.18. The second kappa shape index (κ2) is 6.80. The highest BCUT2D eigenvalue weighted by Gasteiger charge is 2.14. The van der Waals surface area contributed by atoms with Crippen LogP contribution in [0.2, 0.25) is 25.7 Å². The van der Waals surface area contributed by atoms with Crippen molar-refractivity contribution in [3.8, 4) is 5.75 Å². The summed E-state index contributed by atoms with van der Waals surface area (Å²) in [4.78, 5) is 11.4. The Kier molecular flexibility index (Phi) is 5.69. The van der Waals surface area contributed by atoms with Crippen molar-refractivity contribution in [3.63, 3.8) is 0 Å². The molecule has 0 fully saturated rings. The summed E-state index contributed by atoms with van der Waals surface area (Å²) in [6, 6.07) is 7.98. The van der Waals surface area contributed by atoms with Crippen LogP contribution < -0.4 is 4.74 Å². The summed E-state index contributed by atoms with van der Waals surface area (Å²) >= 11 is 5.67. The molecular formula is C13H19ClO3Si. The third kappa shape index (κ3) is 6.07. The van der Waals surface area contributed by atoms with Crippen molar-refractivity contribution in [2.45, 2.75) is 31.6 Å². The molecule has 1 aromatic rings. The van der Waals surface area contributed by atoms with Crippen LogP contribution in [-0.2, 0) is 10.6 Å². The van der Waals surface area contributed by atoms with E-state index in [1.54, 1.807) is 12.1 Å². The van der Waals surface area contributed by atoms with E-state index in [9.17, 15) is 4.79 Å². The van der Waals surface area contributed by atoms with Gasteiger partial charge < -0.3 is 9.47 Å². The van der Waals surface area contributed by atoms with Gasteiger partial charge in [-0.15, -0.1) is 11.6 Å². The van der Waals surface area contributed by atoms with E-state index < -0.39 is 14.2 Å². The molecule has 0 aliphatic carbocycles. The average molecular weight is 287 g/mol. The quantitative estimate of drug-likeness (QED) is 0.351. The summed E-state index contributed by atoms with van der Waals surface area (Å²) in [6.45, 7) is 7.11. The van der Waals surface area contributed by atoms with E-state index >= 15 is 0 Å². The summed E-state index contributed by atoms with van der Waals surface area (Å²) in [5, 5.41) is 0. The van der Waals surface area contributed by atoms with Gasteiger partial charge in [-0.25, -0.2) is 4.79 Å². The molecule has 0 radical (unpaired) electrons. The van der Waals surface area contributed by atoms with Gasteiger partial charge in [0.05, 0.1) is 6.61 Å². The van der Waals surface area contributed by atoms with Crippen LogP contribution in [0.25, 0.3) is 0 Å². The van der Waals surface area contributed by atoms with Gasteiger partial charge in [-0.1, -0.05) is 31.8 Å². The number of hydrogen-bond acceptors (Lipinski definition) is 3. The number of hydrogen-bond donors (Lipinski definition) is 0. The zero-order valence-corrected chi connectivity index (χ0v) is 12.8. The Bertz CT molecular complexity index is 384. The molecule has 1 rings (SSSR count). The van der Waals surface area contributed by atoms with Gasteiger partial charge in [-0.3, -0.25) is 0 Å². The fraction of sp³-hybridized carbons (Fsp3) is 0.462. The zero-order valence-electron chi connectivity index (χ0n) is 11.0. The topological polar surface area (TPSA) is 35.5 Å². The monoisotopic (exact) mass is 286 g/mol. The molecule has 0 aliphatic heterocycles. The number of alkyl halides is 1. The molecule has 0 heterocycles. The summed E-state index contributed by atoms with van der Waals surface area (Å²) in [7, 11) is -1.18. The molecule has 18 heavy (non-hydrogen) atoms. The summed E-state index contributed by atoms with van der Waals surface area (Å²) in [5.41, 5.74) is 0.983. The van der Waals surface area contributed by atoms with Gasteiger partial charge in [0.2, 0.25) is 0 Å². The maximum atomic E-state index is 11.4. The first-order valence-electron chi connectivity index (χ1n) is 5.90. The fourth-order valence-electron chi connectivity index (χ4n) is 1.21. The van der Waals surface area contributed by atoms with E-state index in [0.29, 0.717) is 18.2 Å². The van der Waals surface area contributed by atoms with Crippen LogP contribution in [0.4, 0.5) is 4.79 Å². The largest absolute Gasteiger partial charge is 0.513 e. The van der Waals surface area contributed by atoms with Crippen LogP contribution in [0.1, 0.15) is 5.56 Å². The van der Waals surface area contributed by atoms with Crippen molar-refractivity contribution in [2.24, 2.45) is 0 Å². The Morgan fingerprint density at radius 2 is 1.83 bits per heavy atom. The normalized spacial score (nSPS) is 11.1. The molecule has 0 saturated heterocycles. The Morgan fingerprint density at radius 3 is 2.33 bits per heavy atom. The molecule has 0 amide bonds. The number of ether oxygens (including phenoxy) is 2. The average Bonchev–Trinajstić information content (AvgIpc) is 2.28. The maximum absolute atomic E-state index is 11.4. The lowest BCUT2D eigenvalue weighted by Crippen LogP contribution is -2.23. The standard InChI is InChI=1S/C13H19ClO3Si/c1-18(2,3)9-8-16-13(15)17-12-6-4-11(10-14)5-7-12/h4-7H,8-10H2,1-3H3. The first kappa shape index (κ1) is 15.1. The lowest BCUT2D eigenvalue weighted by atomic mass is 10.2. The van der Waals surface area contributed by atoms with Crippen LogP contribution in [-0.4, -0.2) is 20.8 Å². The molecule has 100 valence electrons. The van der Waals surface area contributed by atoms with Crippen LogP contribution in [0.5, 0.6) is 5.75 Å². The SMILES string of the molecule is C[Si](C)(C)CCOC(=O)Oc1ccc(CCl)cc1. The molecule has 0 atom stereocenters. The highest BCUT2D eigenvalue weighted by atomic mass is 35.5. The van der Waals surface area contributed by atoms with Crippen molar-refractivity contribution in [2.75, 3.05) is 6.61 Å². The van der Waals surface area contributed by atoms with E-state index in [1.807, 2.05) is 12.1 Å². The number of carbonyl (C=O) groups excluding carboxylic acids is 1. The van der Waals surface area contributed by atoms with Gasteiger partial charge >= 0.3 is 6.16 Å². The van der Waals surface area contributed by atoms with E-state index in [1.165, 1.54) is 0 Å². The van der Waals surface area contributed by atoms with Crippen molar-refractivity contribution < 1.29 is 14.3 Å². The minimum absolute atomic E-state index is 0.425. The predicted molar refractivity (Wildman–Crippen MR) is 76.1 cm³/mol. The van der Waals surface area contributed by atoms with Crippen molar-refractivity contribution in [1.82, 2.24) is 0 Å². The molecule has 0 aliphatic rings. The Balaban J connectivity index is 2.35. The Labute approximate surface area is 114 Å². The maximum Gasteiger partial charge on any atom is 0.513 e. The van der Waals surface area contributed by atoms with Gasteiger partial charge in [0.15, 0.2) is 0 Å². The molecule has 0 N–H and O–H groups in total. The summed E-state index contributed by atoms with van der Waals surface area (Å²) < 4.78 is 10.1. The lowest BCUT2D eigenvalue weighted by Gasteiger charge is -2.15. The number of carbonyl (C=O) groups is 1. The Morgan fingerprint density at radius 1 is 1.22 bits per heavy atom. The molecule has 5 heteroatoms. The van der Waals surface area contributed by atoms with E-state index in [0.717, 1.165) is 11.6 Å². The smallest absolute Gasteiger partial charge is 0.434 e. The predicted octanol–water partition coefficient (Wildman–Crippen LogP) is 4.28. The van der Waals surface area contributed by atoms with Gasteiger partial charge in [0.25, 0.3) is 0 Å². The molecular weight excluding hydrogens is 268 g/mol. The first-order valence-corrected chi connectivity index (χ1v) is 10.1. The number of halogens is 1. The van der Waals surface area contributed by atoms with E-state index in [4.69, 9.17) is 21.1 Å². The van der Waals surface area contributed by atoms with Crippen LogP contribution in [0.3, 0.4) is 0 Å². The number of rotatable bonds is 5.